The summed E-state index contributed by atoms with van der Waals surface area (Å²) in [5, 5.41) is 0. The van der Waals surface area contributed by atoms with Crippen LogP contribution in [0.15, 0.2) is 42.6 Å². The van der Waals surface area contributed by atoms with Crippen molar-refractivity contribution in [1.29, 1.82) is 0 Å². The van der Waals surface area contributed by atoms with Crippen LogP contribution in [0, 0.1) is 0 Å². The third-order valence-electron chi connectivity index (χ3n) is 3.04. The van der Waals surface area contributed by atoms with Gasteiger partial charge < -0.3 is 15.2 Å². The van der Waals surface area contributed by atoms with Gasteiger partial charge in [0.2, 0.25) is 5.88 Å². The molecule has 0 aliphatic heterocycles. The average Bonchev–Trinajstić information content (AvgIpc) is 2.52. The van der Waals surface area contributed by atoms with Gasteiger partial charge >= 0.3 is 0 Å². The molecule has 0 amide bonds. The minimum atomic E-state index is -0.265. The lowest BCUT2D eigenvalue weighted by molar-refractivity contribution is 0.317. The summed E-state index contributed by atoms with van der Waals surface area (Å²) in [7, 11) is 1.60. The molecule has 0 saturated carbocycles. The van der Waals surface area contributed by atoms with E-state index in [9.17, 15) is 0 Å². The lowest BCUT2D eigenvalue weighted by Gasteiger charge is -2.15. The molecule has 4 nitrogen and oxygen atoms in total. The maximum atomic E-state index is 6.28. The zero-order chi connectivity index (χ0) is 14.4. The molecular formula is C16H20N2O2. The van der Waals surface area contributed by atoms with Crippen LogP contribution in [0.3, 0.4) is 0 Å². The van der Waals surface area contributed by atoms with Crippen LogP contribution in [0.25, 0.3) is 0 Å². The molecular weight excluding hydrogens is 252 g/mol. The summed E-state index contributed by atoms with van der Waals surface area (Å²) in [5.74, 6) is 1.42. The van der Waals surface area contributed by atoms with Crippen LogP contribution in [-0.2, 0) is 0 Å². The van der Waals surface area contributed by atoms with Crippen LogP contribution >= 0.6 is 0 Å². The van der Waals surface area contributed by atoms with E-state index in [2.05, 4.69) is 11.9 Å². The molecule has 2 N–H and O–H groups in total. The predicted octanol–water partition coefficient (Wildman–Crippen LogP) is 2.93. The highest BCUT2D eigenvalue weighted by Crippen LogP contribution is 2.27. The molecule has 2 aromatic rings. The highest BCUT2D eigenvalue weighted by Gasteiger charge is 2.14. The number of rotatable bonds is 6. The van der Waals surface area contributed by atoms with E-state index in [0.29, 0.717) is 5.88 Å². The zero-order valence-corrected chi connectivity index (χ0v) is 11.9. The van der Waals surface area contributed by atoms with Crippen LogP contribution in [0.5, 0.6) is 11.6 Å². The molecule has 1 aromatic heterocycles. The Labute approximate surface area is 119 Å². The Morgan fingerprint density at radius 3 is 2.60 bits per heavy atom. The molecule has 0 fully saturated rings. The SMILES string of the molecule is CCCOc1ccc(C(N)c2cccnc2OC)cc1. The number of hydrogen-bond acceptors (Lipinski definition) is 4. The quantitative estimate of drug-likeness (QED) is 0.878. The van der Waals surface area contributed by atoms with Gasteiger partial charge in [-0.2, -0.15) is 0 Å². The van der Waals surface area contributed by atoms with Gasteiger partial charge in [-0.05, 0) is 30.2 Å². The van der Waals surface area contributed by atoms with Gasteiger partial charge in [0.1, 0.15) is 5.75 Å². The summed E-state index contributed by atoms with van der Waals surface area (Å²) in [6.45, 7) is 2.81. The van der Waals surface area contributed by atoms with Gasteiger partial charge in [0.25, 0.3) is 0 Å². The number of nitrogens with two attached hydrogens (primary N) is 1. The van der Waals surface area contributed by atoms with Crippen LogP contribution in [0.4, 0.5) is 0 Å². The second kappa shape index (κ2) is 6.91. The number of benzene rings is 1. The van der Waals surface area contributed by atoms with Gasteiger partial charge in [0.05, 0.1) is 19.8 Å². The van der Waals surface area contributed by atoms with Gasteiger partial charge in [-0.1, -0.05) is 25.1 Å². The molecule has 0 bridgehead atoms. The Bertz CT molecular complexity index is 540. The fourth-order valence-corrected chi connectivity index (χ4v) is 1.98. The molecule has 4 heteroatoms. The molecule has 106 valence electrons. The van der Waals surface area contributed by atoms with E-state index in [4.69, 9.17) is 15.2 Å². The molecule has 1 unspecified atom stereocenters. The zero-order valence-electron chi connectivity index (χ0n) is 11.9. The summed E-state index contributed by atoms with van der Waals surface area (Å²) >= 11 is 0. The number of hydrogen-bond donors (Lipinski definition) is 1. The van der Waals surface area contributed by atoms with E-state index in [1.807, 2.05) is 36.4 Å². The van der Waals surface area contributed by atoms with Crippen molar-refractivity contribution < 1.29 is 9.47 Å². The third-order valence-corrected chi connectivity index (χ3v) is 3.04. The average molecular weight is 272 g/mol. The smallest absolute Gasteiger partial charge is 0.218 e. The Hall–Kier alpha value is -2.07. The molecule has 1 atom stereocenters. The van der Waals surface area contributed by atoms with E-state index in [0.717, 1.165) is 29.9 Å². The van der Waals surface area contributed by atoms with E-state index < -0.39 is 0 Å². The number of aromatic nitrogens is 1. The van der Waals surface area contributed by atoms with Crippen molar-refractivity contribution in [2.45, 2.75) is 19.4 Å². The maximum absolute atomic E-state index is 6.28. The molecule has 20 heavy (non-hydrogen) atoms. The van der Waals surface area contributed by atoms with Crippen molar-refractivity contribution in [3.63, 3.8) is 0 Å². The molecule has 0 aliphatic rings. The van der Waals surface area contributed by atoms with Crippen LogP contribution in [0.1, 0.15) is 30.5 Å². The topological polar surface area (TPSA) is 57.4 Å². The number of ether oxygens (including phenoxy) is 2. The van der Waals surface area contributed by atoms with E-state index in [1.54, 1.807) is 13.3 Å². The van der Waals surface area contributed by atoms with Crippen molar-refractivity contribution in [2.24, 2.45) is 5.73 Å². The Balaban J connectivity index is 2.18. The summed E-state index contributed by atoms with van der Waals surface area (Å²) in [6.07, 6.45) is 2.69. The molecule has 1 aromatic carbocycles. The molecule has 0 radical (unpaired) electrons. The highest BCUT2D eigenvalue weighted by molar-refractivity contribution is 5.38. The van der Waals surface area contributed by atoms with Crippen molar-refractivity contribution in [3.05, 3.63) is 53.7 Å². The van der Waals surface area contributed by atoms with Crippen LogP contribution in [-0.4, -0.2) is 18.7 Å². The summed E-state index contributed by atoms with van der Waals surface area (Å²) in [4.78, 5) is 4.17. The molecule has 0 spiro atoms. The standard InChI is InChI=1S/C16H20N2O2/c1-3-11-20-13-8-6-12(7-9-13)15(17)14-5-4-10-18-16(14)19-2/h4-10,15H,3,11,17H2,1-2H3. The largest absolute Gasteiger partial charge is 0.494 e. The summed E-state index contributed by atoms with van der Waals surface area (Å²) < 4.78 is 10.8. The normalized spacial score (nSPS) is 11.9. The first kappa shape index (κ1) is 14.3. The molecule has 1 heterocycles. The van der Waals surface area contributed by atoms with E-state index in [1.165, 1.54) is 0 Å². The van der Waals surface area contributed by atoms with Gasteiger partial charge in [-0.3, -0.25) is 0 Å². The lowest BCUT2D eigenvalue weighted by Crippen LogP contribution is -2.13. The van der Waals surface area contributed by atoms with E-state index >= 15 is 0 Å². The first-order valence-electron chi connectivity index (χ1n) is 6.73. The molecule has 0 saturated heterocycles. The van der Waals surface area contributed by atoms with Crippen molar-refractivity contribution in [2.75, 3.05) is 13.7 Å². The number of nitrogens with zero attached hydrogens (tertiary/aromatic N) is 1. The fraction of sp³-hybridized carbons (Fsp3) is 0.312. The monoisotopic (exact) mass is 272 g/mol. The number of pyridine rings is 1. The maximum Gasteiger partial charge on any atom is 0.218 e. The van der Waals surface area contributed by atoms with Crippen molar-refractivity contribution in [1.82, 2.24) is 4.98 Å². The second-order valence-corrected chi connectivity index (χ2v) is 4.50. The first-order valence-corrected chi connectivity index (χ1v) is 6.73. The minimum absolute atomic E-state index is 0.265. The van der Waals surface area contributed by atoms with Gasteiger partial charge in [0.15, 0.2) is 0 Å². The fourth-order valence-electron chi connectivity index (χ4n) is 1.98. The predicted molar refractivity (Wildman–Crippen MR) is 79.0 cm³/mol. The Morgan fingerprint density at radius 1 is 1.20 bits per heavy atom. The lowest BCUT2D eigenvalue weighted by atomic mass is 10.0. The van der Waals surface area contributed by atoms with Crippen molar-refractivity contribution >= 4 is 0 Å². The summed E-state index contributed by atoms with van der Waals surface area (Å²) in [6, 6.07) is 11.3. The third kappa shape index (κ3) is 3.27. The Morgan fingerprint density at radius 2 is 1.95 bits per heavy atom. The van der Waals surface area contributed by atoms with Gasteiger partial charge in [-0.15, -0.1) is 0 Å². The molecule has 2 rings (SSSR count). The minimum Gasteiger partial charge on any atom is -0.494 e. The van der Waals surface area contributed by atoms with Crippen LogP contribution < -0.4 is 15.2 Å². The van der Waals surface area contributed by atoms with Crippen molar-refractivity contribution in [3.8, 4) is 11.6 Å². The second-order valence-electron chi connectivity index (χ2n) is 4.50. The summed E-state index contributed by atoms with van der Waals surface area (Å²) in [5.41, 5.74) is 8.15. The van der Waals surface area contributed by atoms with E-state index in [-0.39, 0.29) is 6.04 Å². The highest BCUT2D eigenvalue weighted by atomic mass is 16.5. The van der Waals surface area contributed by atoms with Gasteiger partial charge in [-0.25, -0.2) is 4.98 Å². The first-order chi connectivity index (χ1) is 9.76. The molecule has 0 aliphatic carbocycles. The number of methoxy groups -OCH3 is 1. The van der Waals surface area contributed by atoms with Gasteiger partial charge in [0, 0.05) is 11.8 Å². The van der Waals surface area contributed by atoms with Crippen LogP contribution in [0.2, 0.25) is 0 Å². The Kier molecular flexibility index (Phi) is 4.96.